The maximum Gasteiger partial charge on any atom is 0.329 e. The number of fused-ring (bicyclic) bond motifs is 1. The van der Waals surface area contributed by atoms with Gasteiger partial charge < -0.3 is 24.8 Å². The van der Waals surface area contributed by atoms with Gasteiger partial charge in [0.1, 0.15) is 5.75 Å². The van der Waals surface area contributed by atoms with Gasteiger partial charge in [0.15, 0.2) is 18.1 Å². The van der Waals surface area contributed by atoms with Gasteiger partial charge in [0.2, 0.25) is 6.79 Å². The van der Waals surface area contributed by atoms with Crippen LogP contribution in [0, 0.1) is 0 Å². The number of halogens is 1. The summed E-state index contributed by atoms with van der Waals surface area (Å²) in [6, 6.07) is 18.7. The first-order valence-electron chi connectivity index (χ1n) is 10.7. The summed E-state index contributed by atoms with van der Waals surface area (Å²) in [7, 11) is 0. The Hall–Kier alpha value is -4.57. The Balaban J connectivity index is 1.21. The molecule has 0 saturated carbocycles. The van der Waals surface area contributed by atoms with E-state index in [2.05, 4.69) is 21.2 Å². The summed E-state index contributed by atoms with van der Waals surface area (Å²) in [5.41, 5.74) is 4.11. The highest BCUT2D eigenvalue weighted by atomic mass is 35.5. The maximum absolute atomic E-state index is 12.1. The van der Waals surface area contributed by atoms with Gasteiger partial charge in [0.25, 0.3) is 5.91 Å². The lowest BCUT2D eigenvalue weighted by Gasteiger charge is -2.08. The summed E-state index contributed by atoms with van der Waals surface area (Å²) >= 11 is 5.83. The number of anilines is 1. The molecule has 0 spiro atoms. The number of hydrogen-bond acceptors (Lipinski definition) is 7. The zero-order valence-corrected chi connectivity index (χ0v) is 19.6. The smallest absolute Gasteiger partial charge is 0.329 e. The highest BCUT2D eigenvalue weighted by Gasteiger charge is 2.15. The van der Waals surface area contributed by atoms with Crippen molar-refractivity contribution in [3.05, 3.63) is 82.9 Å². The predicted octanol–water partition coefficient (Wildman–Crippen LogP) is 2.85. The topological polar surface area (TPSA) is 127 Å². The fourth-order valence-electron chi connectivity index (χ4n) is 3.09. The number of rotatable bonds is 8. The first-order chi connectivity index (χ1) is 17.5. The van der Waals surface area contributed by atoms with Crippen molar-refractivity contribution in [3.63, 3.8) is 0 Å². The van der Waals surface area contributed by atoms with Gasteiger partial charge in [-0.3, -0.25) is 14.4 Å². The number of carbonyl (C=O) groups is 3. The molecule has 0 saturated heterocycles. The minimum absolute atomic E-state index is 0.136. The monoisotopic (exact) mass is 508 g/mol. The molecule has 0 aliphatic carbocycles. The minimum Gasteiger partial charge on any atom is -0.484 e. The molecule has 3 amide bonds. The summed E-state index contributed by atoms with van der Waals surface area (Å²) in [6.45, 7) is 0.0847. The van der Waals surface area contributed by atoms with Crippen LogP contribution in [0.25, 0.3) is 0 Å². The lowest BCUT2D eigenvalue weighted by atomic mass is 10.2. The summed E-state index contributed by atoms with van der Waals surface area (Å²) in [4.78, 5) is 36.1. The van der Waals surface area contributed by atoms with E-state index in [0.29, 0.717) is 33.5 Å². The number of carbonyl (C=O) groups excluding carboxylic acids is 3. The predicted molar refractivity (Wildman–Crippen MR) is 132 cm³/mol. The molecule has 3 N–H and O–H groups in total. The van der Waals surface area contributed by atoms with E-state index in [1.54, 1.807) is 66.7 Å². The second-order valence-electron chi connectivity index (χ2n) is 7.49. The van der Waals surface area contributed by atoms with Gasteiger partial charge in [0.05, 0.1) is 6.21 Å². The number of hydrogen-bond donors (Lipinski definition) is 3. The summed E-state index contributed by atoms with van der Waals surface area (Å²) in [5.74, 6) is -0.447. The molecule has 184 valence electrons. The summed E-state index contributed by atoms with van der Waals surface area (Å²) < 4.78 is 16.0. The molecule has 10 nitrogen and oxygen atoms in total. The third kappa shape index (κ3) is 6.97. The highest BCUT2D eigenvalue weighted by molar-refractivity contribution is 6.35. The van der Waals surface area contributed by atoms with Crippen LogP contribution in [0.2, 0.25) is 5.02 Å². The van der Waals surface area contributed by atoms with Gasteiger partial charge in [-0.05, 0) is 59.7 Å². The second kappa shape index (κ2) is 11.7. The lowest BCUT2D eigenvalue weighted by Crippen LogP contribution is -2.37. The van der Waals surface area contributed by atoms with Gasteiger partial charge in [-0.25, -0.2) is 5.43 Å². The second-order valence-corrected chi connectivity index (χ2v) is 7.92. The van der Waals surface area contributed by atoms with Crippen LogP contribution < -0.4 is 30.3 Å². The molecular formula is C25H21ClN4O6. The standard InChI is InChI=1S/C25H21ClN4O6/c26-18-5-7-19(8-6-18)29-23(31)14-34-20-3-1-2-16(10-20)13-28-30-25(33)24(32)27-12-17-4-9-21-22(11-17)36-15-35-21/h1-11,13H,12,14-15H2,(H,27,32)(H,29,31)(H,30,33)/b28-13-. The van der Waals surface area contributed by atoms with E-state index in [1.165, 1.54) is 6.21 Å². The largest absolute Gasteiger partial charge is 0.484 e. The molecule has 1 aliphatic heterocycles. The Morgan fingerprint density at radius 2 is 1.78 bits per heavy atom. The molecule has 11 heteroatoms. The molecule has 0 unspecified atom stereocenters. The third-order valence-electron chi connectivity index (χ3n) is 4.83. The SMILES string of the molecule is O=C(COc1cccc(/C=N\NC(=O)C(=O)NCc2ccc3c(c2)OCO3)c1)Nc1ccc(Cl)cc1. The van der Waals surface area contributed by atoms with Gasteiger partial charge in [-0.1, -0.05) is 29.8 Å². The van der Waals surface area contributed by atoms with Crippen LogP contribution in [0.1, 0.15) is 11.1 Å². The van der Waals surface area contributed by atoms with E-state index in [0.717, 1.165) is 5.56 Å². The van der Waals surface area contributed by atoms with Crippen molar-refractivity contribution in [3.8, 4) is 17.2 Å². The Labute approximate surface area is 211 Å². The molecule has 0 radical (unpaired) electrons. The van der Waals surface area contributed by atoms with Crippen LogP contribution in [-0.2, 0) is 20.9 Å². The Kier molecular flexibility index (Phi) is 7.99. The first-order valence-corrected chi connectivity index (χ1v) is 11.1. The van der Waals surface area contributed by atoms with E-state index >= 15 is 0 Å². The van der Waals surface area contributed by atoms with Crippen molar-refractivity contribution < 1.29 is 28.6 Å². The number of ether oxygens (including phenoxy) is 3. The van der Waals surface area contributed by atoms with E-state index in [1.807, 2.05) is 0 Å². The molecule has 3 aromatic rings. The van der Waals surface area contributed by atoms with Crippen LogP contribution in [-0.4, -0.2) is 37.3 Å². The van der Waals surface area contributed by atoms with Crippen LogP contribution in [0.4, 0.5) is 5.69 Å². The number of benzene rings is 3. The molecule has 3 aromatic carbocycles. The maximum atomic E-state index is 12.1. The fraction of sp³-hybridized carbons (Fsp3) is 0.120. The normalized spacial score (nSPS) is 11.7. The quantitative estimate of drug-likeness (QED) is 0.244. The Morgan fingerprint density at radius 3 is 2.61 bits per heavy atom. The molecule has 0 aromatic heterocycles. The average Bonchev–Trinajstić information content (AvgIpc) is 3.35. The Morgan fingerprint density at radius 1 is 0.972 bits per heavy atom. The number of nitrogens with zero attached hydrogens (tertiary/aromatic N) is 1. The summed E-state index contributed by atoms with van der Waals surface area (Å²) in [6.07, 6.45) is 1.35. The molecule has 36 heavy (non-hydrogen) atoms. The zero-order chi connectivity index (χ0) is 25.3. The van der Waals surface area contributed by atoms with E-state index in [4.69, 9.17) is 25.8 Å². The van der Waals surface area contributed by atoms with Crippen molar-refractivity contribution in [2.45, 2.75) is 6.54 Å². The van der Waals surface area contributed by atoms with Crippen molar-refractivity contribution in [1.82, 2.24) is 10.7 Å². The fourth-order valence-corrected chi connectivity index (χ4v) is 3.22. The number of amides is 3. The first kappa shape index (κ1) is 24.6. The van der Waals surface area contributed by atoms with Gasteiger partial charge in [-0.2, -0.15) is 5.10 Å². The number of hydrazone groups is 1. The molecule has 0 fully saturated rings. The Bertz CT molecular complexity index is 1300. The van der Waals surface area contributed by atoms with Gasteiger partial charge in [-0.15, -0.1) is 0 Å². The highest BCUT2D eigenvalue weighted by Crippen LogP contribution is 2.32. The third-order valence-corrected chi connectivity index (χ3v) is 5.08. The number of nitrogens with one attached hydrogen (secondary N) is 3. The molecule has 0 atom stereocenters. The lowest BCUT2D eigenvalue weighted by molar-refractivity contribution is -0.139. The molecule has 1 aliphatic rings. The van der Waals surface area contributed by atoms with E-state index in [-0.39, 0.29) is 25.9 Å². The van der Waals surface area contributed by atoms with Crippen molar-refractivity contribution >= 4 is 41.2 Å². The van der Waals surface area contributed by atoms with Crippen molar-refractivity contribution in [1.29, 1.82) is 0 Å². The zero-order valence-electron chi connectivity index (χ0n) is 18.8. The minimum atomic E-state index is -0.918. The van der Waals surface area contributed by atoms with Crippen LogP contribution in [0.15, 0.2) is 71.8 Å². The van der Waals surface area contributed by atoms with Crippen LogP contribution in [0.5, 0.6) is 17.2 Å². The van der Waals surface area contributed by atoms with Crippen molar-refractivity contribution in [2.24, 2.45) is 5.10 Å². The van der Waals surface area contributed by atoms with Crippen LogP contribution >= 0.6 is 11.6 Å². The van der Waals surface area contributed by atoms with E-state index < -0.39 is 11.8 Å². The van der Waals surface area contributed by atoms with Crippen LogP contribution in [0.3, 0.4) is 0 Å². The molecule has 1 heterocycles. The van der Waals surface area contributed by atoms with Gasteiger partial charge >= 0.3 is 11.8 Å². The van der Waals surface area contributed by atoms with E-state index in [9.17, 15) is 14.4 Å². The summed E-state index contributed by atoms with van der Waals surface area (Å²) in [5, 5.41) is 9.57. The molecular weight excluding hydrogens is 488 g/mol. The average molecular weight is 509 g/mol. The molecule has 4 rings (SSSR count). The van der Waals surface area contributed by atoms with Gasteiger partial charge in [0, 0.05) is 17.3 Å². The van der Waals surface area contributed by atoms with Crippen molar-refractivity contribution in [2.75, 3.05) is 18.7 Å². The molecule has 0 bridgehead atoms.